The summed E-state index contributed by atoms with van der Waals surface area (Å²) in [7, 11) is 0. The SMILES string of the molecule is CC(C)NC(C)(C#N)CCCOC(C)(C)C. The molecule has 0 heterocycles. The minimum Gasteiger partial charge on any atom is -0.376 e. The van der Waals surface area contributed by atoms with Gasteiger partial charge in [-0.15, -0.1) is 0 Å². The zero-order valence-corrected chi connectivity index (χ0v) is 11.6. The van der Waals surface area contributed by atoms with E-state index in [9.17, 15) is 0 Å². The molecule has 0 spiro atoms. The van der Waals surface area contributed by atoms with Crippen molar-refractivity contribution in [3.8, 4) is 6.07 Å². The first-order chi connectivity index (χ1) is 7.18. The standard InChI is InChI=1S/C13H26N2O/c1-11(2)15-13(6,10-14)8-7-9-16-12(3,4)5/h11,15H,7-9H2,1-6H3. The topological polar surface area (TPSA) is 45.0 Å². The summed E-state index contributed by atoms with van der Waals surface area (Å²) in [4.78, 5) is 0. The van der Waals surface area contributed by atoms with Crippen molar-refractivity contribution in [2.45, 2.75) is 71.6 Å². The van der Waals surface area contributed by atoms with E-state index in [1.54, 1.807) is 0 Å². The number of nitrogens with one attached hydrogen (secondary N) is 1. The van der Waals surface area contributed by atoms with Crippen LogP contribution in [0.5, 0.6) is 0 Å². The minimum atomic E-state index is -0.435. The molecule has 3 heteroatoms. The molecule has 0 aromatic carbocycles. The van der Waals surface area contributed by atoms with Gasteiger partial charge in [0.25, 0.3) is 0 Å². The van der Waals surface area contributed by atoms with Gasteiger partial charge in [-0.25, -0.2) is 0 Å². The minimum absolute atomic E-state index is 0.0888. The van der Waals surface area contributed by atoms with Gasteiger partial charge in [0.1, 0.15) is 5.54 Å². The monoisotopic (exact) mass is 226 g/mol. The van der Waals surface area contributed by atoms with Gasteiger partial charge in [-0.1, -0.05) is 0 Å². The van der Waals surface area contributed by atoms with Crippen LogP contribution in [0.1, 0.15) is 54.4 Å². The maximum atomic E-state index is 9.14. The molecule has 0 rings (SSSR count). The molecule has 0 aromatic heterocycles. The fraction of sp³-hybridized carbons (Fsp3) is 0.923. The Morgan fingerprint density at radius 2 is 1.81 bits per heavy atom. The Hall–Kier alpha value is -0.590. The first kappa shape index (κ1) is 15.4. The lowest BCUT2D eigenvalue weighted by Gasteiger charge is -2.26. The second-order valence-corrected chi connectivity index (χ2v) is 5.81. The van der Waals surface area contributed by atoms with Crippen LogP contribution in [0.15, 0.2) is 0 Å². The quantitative estimate of drug-likeness (QED) is 0.708. The summed E-state index contributed by atoms with van der Waals surface area (Å²) in [5.74, 6) is 0. The zero-order chi connectivity index (χ0) is 12.8. The van der Waals surface area contributed by atoms with E-state index in [2.05, 4.69) is 25.2 Å². The number of nitrogens with zero attached hydrogens (tertiary/aromatic N) is 1. The van der Waals surface area contributed by atoms with Gasteiger partial charge in [-0.05, 0) is 54.4 Å². The lowest BCUT2D eigenvalue weighted by Crippen LogP contribution is -2.45. The average Bonchev–Trinajstić information content (AvgIpc) is 2.10. The fourth-order valence-electron chi connectivity index (χ4n) is 1.60. The van der Waals surface area contributed by atoms with Crippen LogP contribution in [-0.4, -0.2) is 23.8 Å². The van der Waals surface area contributed by atoms with Crippen LogP contribution < -0.4 is 5.32 Å². The molecule has 0 fully saturated rings. The van der Waals surface area contributed by atoms with E-state index in [0.29, 0.717) is 12.6 Å². The summed E-state index contributed by atoms with van der Waals surface area (Å²) in [6, 6.07) is 2.67. The fourth-order valence-corrected chi connectivity index (χ4v) is 1.60. The third-order valence-corrected chi connectivity index (χ3v) is 2.21. The largest absolute Gasteiger partial charge is 0.376 e. The molecule has 0 aliphatic heterocycles. The van der Waals surface area contributed by atoms with Crippen molar-refractivity contribution >= 4 is 0 Å². The zero-order valence-electron chi connectivity index (χ0n) is 11.6. The van der Waals surface area contributed by atoms with E-state index in [0.717, 1.165) is 12.8 Å². The highest BCUT2D eigenvalue weighted by Gasteiger charge is 2.23. The van der Waals surface area contributed by atoms with E-state index in [4.69, 9.17) is 10.00 Å². The van der Waals surface area contributed by atoms with Crippen molar-refractivity contribution in [3.63, 3.8) is 0 Å². The Bertz CT molecular complexity index is 237. The molecule has 1 atom stereocenters. The highest BCUT2D eigenvalue weighted by molar-refractivity contribution is 5.04. The summed E-state index contributed by atoms with van der Waals surface area (Å²) >= 11 is 0. The molecule has 0 amide bonds. The van der Waals surface area contributed by atoms with Gasteiger partial charge in [0.15, 0.2) is 0 Å². The predicted octanol–water partition coefficient (Wildman–Crippen LogP) is 2.86. The Balaban J connectivity index is 3.93. The van der Waals surface area contributed by atoms with Crippen molar-refractivity contribution in [2.24, 2.45) is 0 Å². The van der Waals surface area contributed by atoms with E-state index in [-0.39, 0.29) is 5.60 Å². The van der Waals surface area contributed by atoms with Crippen molar-refractivity contribution in [1.29, 1.82) is 5.26 Å². The number of hydrogen-bond acceptors (Lipinski definition) is 3. The van der Waals surface area contributed by atoms with Crippen molar-refractivity contribution in [1.82, 2.24) is 5.32 Å². The van der Waals surface area contributed by atoms with Crippen LogP contribution in [0.3, 0.4) is 0 Å². The van der Waals surface area contributed by atoms with E-state index >= 15 is 0 Å². The summed E-state index contributed by atoms with van der Waals surface area (Å²) in [6.45, 7) is 12.9. The molecule has 0 saturated heterocycles. The second kappa shape index (κ2) is 6.22. The van der Waals surface area contributed by atoms with Crippen LogP contribution >= 0.6 is 0 Å². The van der Waals surface area contributed by atoms with Crippen molar-refractivity contribution in [3.05, 3.63) is 0 Å². The first-order valence-electron chi connectivity index (χ1n) is 6.01. The predicted molar refractivity (Wildman–Crippen MR) is 67.2 cm³/mol. The van der Waals surface area contributed by atoms with Crippen molar-refractivity contribution in [2.75, 3.05) is 6.61 Å². The molecule has 3 nitrogen and oxygen atoms in total. The Labute approximate surface area is 100 Å². The summed E-state index contributed by atoms with van der Waals surface area (Å²) in [6.07, 6.45) is 1.72. The highest BCUT2D eigenvalue weighted by atomic mass is 16.5. The maximum absolute atomic E-state index is 9.14. The van der Waals surface area contributed by atoms with Gasteiger partial charge >= 0.3 is 0 Å². The number of nitriles is 1. The number of hydrogen-bond donors (Lipinski definition) is 1. The van der Waals surface area contributed by atoms with Crippen LogP contribution in [0.2, 0.25) is 0 Å². The summed E-state index contributed by atoms with van der Waals surface area (Å²) in [5, 5.41) is 12.4. The molecule has 0 aliphatic carbocycles. The van der Waals surface area contributed by atoms with Crippen LogP contribution in [-0.2, 0) is 4.74 Å². The van der Waals surface area contributed by atoms with E-state index in [1.807, 2.05) is 27.7 Å². The second-order valence-electron chi connectivity index (χ2n) is 5.81. The van der Waals surface area contributed by atoms with E-state index in [1.165, 1.54) is 0 Å². The van der Waals surface area contributed by atoms with Crippen LogP contribution in [0.4, 0.5) is 0 Å². The molecule has 1 unspecified atom stereocenters. The molecule has 1 N–H and O–H groups in total. The van der Waals surface area contributed by atoms with Gasteiger partial charge < -0.3 is 4.74 Å². The Morgan fingerprint density at radius 1 is 1.25 bits per heavy atom. The molecule has 0 aromatic rings. The lowest BCUT2D eigenvalue weighted by atomic mass is 9.97. The van der Waals surface area contributed by atoms with Gasteiger partial charge in [-0.2, -0.15) is 5.26 Å². The molecular weight excluding hydrogens is 200 g/mol. The lowest BCUT2D eigenvalue weighted by molar-refractivity contribution is -0.00611. The van der Waals surface area contributed by atoms with Gasteiger partial charge in [0.2, 0.25) is 0 Å². The van der Waals surface area contributed by atoms with Crippen LogP contribution in [0.25, 0.3) is 0 Å². The molecule has 0 radical (unpaired) electrons. The summed E-state index contributed by atoms with van der Waals surface area (Å²) < 4.78 is 5.64. The Morgan fingerprint density at radius 3 is 2.19 bits per heavy atom. The van der Waals surface area contributed by atoms with Gasteiger partial charge in [0, 0.05) is 12.6 Å². The molecule has 16 heavy (non-hydrogen) atoms. The third-order valence-electron chi connectivity index (χ3n) is 2.21. The van der Waals surface area contributed by atoms with Gasteiger partial charge in [0.05, 0.1) is 11.7 Å². The smallest absolute Gasteiger partial charge is 0.104 e. The molecule has 0 bridgehead atoms. The third kappa shape index (κ3) is 7.67. The molecule has 0 aliphatic rings. The molecule has 94 valence electrons. The number of ether oxygens (including phenoxy) is 1. The van der Waals surface area contributed by atoms with E-state index < -0.39 is 5.54 Å². The molecular formula is C13H26N2O. The van der Waals surface area contributed by atoms with Gasteiger partial charge in [-0.3, -0.25) is 5.32 Å². The van der Waals surface area contributed by atoms with Crippen LogP contribution in [0, 0.1) is 11.3 Å². The normalized spacial score (nSPS) is 15.9. The first-order valence-corrected chi connectivity index (χ1v) is 6.01. The maximum Gasteiger partial charge on any atom is 0.104 e. The molecule has 0 saturated carbocycles. The summed E-state index contributed by atoms with van der Waals surface area (Å²) in [5.41, 5.74) is -0.524. The highest BCUT2D eigenvalue weighted by Crippen LogP contribution is 2.14. The van der Waals surface area contributed by atoms with Crippen molar-refractivity contribution < 1.29 is 4.74 Å². The Kier molecular flexibility index (Phi) is 5.99. The number of rotatable bonds is 6. The average molecular weight is 226 g/mol.